The van der Waals surface area contributed by atoms with E-state index in [0.717, 1.165) is 16.5 Å². The Kier molecular flexibility index (Phi) is 9.45. The number of para-hydroxylation sites is 1. The summed E-state index contributed by atoms with van der Waals surface area (Å²) in [5.41, 5.74) is 7.77. The number of nitrogens with zero attached hydrogens (tertiary/aromatic N) is 1. The Hall–Kier alpha value is -3.93. The highest BCUT2D eigenvalue weighted by molar-refractivity contribution is 5.96. The van der Waals surface area contributed by atoms with Crippen molar-refractivity contribution in [2.24, 2.45) is 11.7 Å². The van der Waals surface area contributed by atoms with Crippen molar-refractivity contribution < 1.29 is 34.2 Å². The number of nitrogens with one attached hydrogen (secondary N) is 3. The van der Waals surface area contributed by atoms with Gasteiger partial charge in [0.05, 0.1) is 12.5 Å². The minimum Gasteiger partial charge on any atom is -0.481 e. The summed E-state index contributed by atoms with van der Waals surface area (Å²) in [4.78, 5) is 66.8. The minimum atomic E-state index is -1.48. The summed E-state index contributed by atoms with van der Waals surface area (Å²) in [7, 11) is 0. The number of likely N-dealkylation sites (tertiary alicyclic amines) is 1. The summed E-state index contributed by atoms with van der Waals surface area (Å²) in [5, 5.41) is 24.7. The molecule has 5 unspecified atom stereocenters. The first-order chi connectivity index (χ1) is 18.0. The lowest BCUT2D eigenvalue weighted by molar-refractivity contribution is -0.150. The van der Waals surface area contributed by atoms with Crippen LogP contribution in [0, 0.1) is 5.92 Å². The third kappa shape index (κ3) is 6.68. The fourth-order valence-electron chi connectivity index (χ4n) is 4.70. The number of carboxylic acid groups (broad SMARTS) is 2. The highest BCUT2D eigenvalue weighted by atomic mass is 16.4. The van der Waals surface area contributed by atoms with Crippen LogP contribution in [0.15, 0.2) is 30.5 Å². The van der Waals surface area contributed by atoms with Gasteiger partial charge < -0.3 is 36.5 Å². The van der Waals surface area contributed by atoms with Crippen molar-refractivity contribution in [2.45, 2.75) is 70.1 Å². The SMILES string of the molecule is CCC(C)C(NC(=O)C(CC(=O)O)NC(=O)C(N)Cc1c[nH]c2ccccc12)C(=O)N1CCCC1C(=O)O. The molecule has 5 atom stereocenters. The monoisotopic (exact) mass is 529 g/mol. The van der Waals surface area contributed by atoms with E-state index in [-0.39, 0.29) is 18.9 Å². The van der Waals surface area contributed by atoms with Crippen molar-refractivity contribution in [3.8, 4) is 0 Å². The first-order valence-corrected chi connectivity index (χ1v) is 12.7. The number of aromatic nitrogens is 1. The van der Waals surface area contributed by atoms with Gasteiger partial charge in [-0.15, -0.1) is 0 Å². The van der Waals surface area contributed by atoms with Crippen LogP contribution in [-0.4, -0.2) is 80.5 Å². The molecule has 12 heteroatoms. The third-order valence-electron chi connectivity index (χ3n) is 7.06. The van der Waals surface area contributed by atoms with E-state index in [2.05, 4.69) is 15.6 Å². The Morgan fingerprint density at radius 1 is 1.13 bits per heavy atom. The number of nitrogens with two attached hydrogens (primary N) is 1. The van der Waals surface area contributed by atoms with E-state index in [4.69, 9.17) is 5.73 Å². The van der Waals surface area contributed by atoms with Crippen LogP contribution in [0.25, 0.3) is 10.9 Å². The van der Waals surface area contributed by atoms with Crippen molar-refractivity contribution >= 4 is 40.6 Å². The Balaban J connectivity index is 1.72. The smallest absolute Gasteiger partial charge is 0.326 e. The van der Waals surface area contributed by atoms with E-state index in [0.29, 0.717) is 19.3 Å². The summed E-state index contributed by atoms with van der Waals surface area (Å²) in [6, 6.07) is 2.88. The van der Waals surface area contributed by atoms with Gasteiger partial charge in [0.1, 0.15) is 18.1 Å². The minimum absolute atomic E-state index is 0.150. The number of fused-ring (bicyclic) bond motifs is 1. The number of benzene rings is 1. The molecule has 38 heavy (non-hydrogen) atoms. The molecule has 3 amide bonds. The lowest BCUT2D eigenvalue weighted by atomic mass is 9.96. The number of aliphatic carboxylic acids is 2. The average molecular weight is 530 g/mol. The van der Waals surface area contributed by atoms with Gasteiger partial charge in [0.25, 0.3) is 0 Å². The fraction of sp³-hybridized carbons (Fsp3) is 0.500. The molecule has 2 heterocycles. The molecule has 2 aromatic rings. The maximum absolute atomic E-state index is 13.3. The Bertz CT molecular complexity index is 1200. The van der Waals surface area contributed by atoms with Crippen molar-refractivity contribution in [1.29, 1.82) is 0 Å². The fourth-order valence-corrected chi connectivity index (χ4v) is 4.70. The standard InChI is InChI=1S/C26H35N5O7/c1-3-14(2)22(25(36)31-10-6-9-20(31)26(37)38)30-24(35)19(12-21(32)33)29-23(34)17(27)11-15-13-28-18-8-5-4-7-16(15)18/h4-5,7-8,13-14,17,19-20,22,28H,3,6,9-12,27H2,1-2H3,(H,29,34)(H,30,35)(H,32,33)(H,37,38). The number of rotatable bonds is 12. The Morgan fingerprint density at radius 3 is 2.50 bits per heavy atom. The predicted octanol–water partition coefficient (Wildman–Crippen LogP) is 0.604. The number of amides is 3. The van der Waals surface area contributed by atoms with Gasteiger partial charge in [0.15, 0.2) is 0 Å². The second kappa shape index (κ2) is 12.5. The van der Waals surface area contributed by atoms with Crippen LogP contribution >= 0.6 is 0 Å². The maximum atomic E-state index is 13.3. The summed E-state index contributed by atoms with van der Waals surface area (Å²) in [5.74, 6) is -4.93. The van der Waals surface area contributed by atoms with Gasteiger partial charge in [-0.1, -0.05) is 38.5 Å². The summed E-state index contributed by atoms with van der Waals surface area (Å²) in [6.07, 6.45) is 2.50. The first-order valence-electron chi connectivity index (χ1n) is 12.7. The molecule has 1 aromatic carbocycles. The van der Waals surface area contributed by atoms with Gasteiger partial charge in [-0.3, -0.25) is 19.2 Å². The van der Waals surface area contributed by atoms with Crippen LogP contribution < -0.4 is 16.4 Å². The lowest BCUT2D eigenvalue weighted by Gasteiger charge is -2.31. The number of carboxylic acids is 2. The molecule has 0 aliphatic carbocycles. The zero-order chi connectivity index (χ0) is 28.0. The molecule has 1 aliphatic rings. The average Bonchev–Trinajstić information content (AvgIpc) is 3.53. The molecule has 0 radical (unpaired) electrons. The van der Waals surface area contributed by atoms with Gasteiger partial charge in [-0.25, -0.2) is 4.79 Å². The molecule has 7 N–H and O–H groups in total. The highest BCUT2D eigenvalue weighted by Gasteiger charge is 2.40. The number of carbonyl (C=O) groups excluding carboxylic acids is 3. The van der Waals surface area contributed by atoms with Crippen LogP contribution in [0.4, 0.5) is 0 Å². The molecule has 12 nitrogen and oxygen atoms in total. The van der Waals surface area contributed by atoms with Crippen molar-refractivity contribution in [2.75, 3.05) is 6.54 Å². The first kappa shape index (κ1) is 28.6. The molecular formula is C26H35N5O7. The normalized spacial score (nSPS) is 18.4. The predicted molar refractivity (Wildman–Crippen MR) is 138 cm³/mol. The molecule has 3 rings (SSSR count). The van der Waals surface area contributed by atoms with E-state index < -0.39 is 60.2 Å². The molecule has 0 saturated carbocycles. The summed E-state index contributed by atoms with van der Waals surface area (Å²) >= 11 is 0. The largest absolute Gasteiger partial charge is 0.481 e. The van der Waals surface area contributed by atoms with Crippen LogP contribution in [0.5, 0.6) is 0 Å². The molecule has 1 aromatic heterocycles. The Labute approximate surface area is 219 Å². The number of hydrogen-bond acceptors (Lipinski definition) is 6. The number of H-pyrrole nitrogens is 1. The van der Waals surface area contributed by atoms with Crippen molar-refractivity contribution in [3.63, 3.8) is 0 Å². The highest BCUT2D eigenvalue weighted by Crippen LogP contribution is 2.22. The van der Waals surface area contributed by atoms with E-state index >= 15 is 0 Å². The van der Waals surface area contributed by atoms with E-state index in [1.165, 1.54) is 4.90 Å². The summed E-state index contributed by atoms with van der Waals surface area (Å²) < 4.78 is 0. The van der Waals surface area contributed by atoms with E-state index in [9.17, 15) is 34.2 Å². The van der Waals surface area contributed by atoms with Gasteiger partial charge in [-0.2, -0.15) is 0 Å². The Morgan fingerprint density at radius 2 is 1.84 bits per heavy atom. The van der Waals surface area contributed by atoms with Gasteiger partial charge in [0, 0.05) is 23.6 Å². The summed E-state index contributed by atoms with van der Waals surface area (Å²) in [6.45, 7) is 3.79. The maximum Gasteiger partial charge on any atom is 0.326 e. The third-order valence-corrected chi connectivity index (χ3v) is 7.06. The second-order valence-corrected chi connectivity index (χ2v) is 9.73. The molecule has 0 bridgehead atoms. The van der Waals surface area contributed by atoms with Crippen LogP contribution in [0.2, 0.25) is 0 Å². The molecule has 0 spiro atoms. The second-order valence-electron chi connectivity index (χ2n) is 9.73. The molecule has 1 aliphatic heterocycles. The zero-order valence-electron chi connectivity index (χ0n) is 21.5. The van der Waals surface area contributed by atoms with E-state index in [1.54, 1.807) is 13.1 Å². The quantitative estimate of drug-likeness (QED) is 0.230. The molecule has 1 saturated heterocycles. The molecule has 1 fully saturated rings. The van der Waals surface area contributed by atoms with Crippen LogP contribution in [0.3, 0.4) is 0 Å². The van der Waals surface area contributed by atoms with Crippen molar-refractivity contribution in [3.05, 3.63) is 36.0 Å². The lowest BCUT2D eigenvalue weighted by Crippen LogP contribution is -2.59. The number of hydrogen-bond donors (Lipinski definition) is 6. The topological polar surface area (TPSA) is 195 Å². The van der Waals surface area contributed by atoms with Gasteiger partial charge in [-0.05, 0) is 36.8 Å². The number of carbonyl (C=O) groups is 5. The van der Waals surface area contributed by atoms with Crippen LogP contribution in [0.1, 0.15) is 45.1 Å². The van der Waals surface area contributed by atoms with Gasteiger partial charge in [0.2, 0.25) is 17.7 Å². The molecule has 206 valence electrons. The molecular weight excluding hydrogens is 494 g/mol. The van der Waals surface area contributed by atoms with E-state index in [1.807, 2.05) is 31.2 Å². The van der Waals surface area contributed by atoms with Gasteiger partial charge >= 0.3 is 11.9 Å². The zero-order valence-corrected chi connectivity index (χ0v) is 21.5. The number of aromatic amines is 1. The van der Waals surface area contributed by atoms with Crippen molar-refractivity contribution in [1.82, 2.24) is 20.5 Å². The van der Waals surface area contributed by atoms with Crippen LogP contribution in [-0.2, 0) is 30.4 Å².